The van der Waals surface area contributed by atoms with E-state index in [9.17, 15) is 0 Å². The van der Waals surface area contributed by atoms with E-state index >= 15 is 0 Å². The van der Waals surface area contributed by atoms with Gasteiger partial charge in [-0.1, -0.05) is 6.92 Å². The van der Waals surface area contributed by atoms with Gasteiger partial charge in [-0.15, -0.1) is 0 Å². The minimum absolute atomic E-state index is 0.503. The molecule has 3 heterocycles. The summed E-state index contributed by atoms with van der Waals surface area (Å²) in [6.45, 7) is 4.14. The average Bonchev–Trinajstić information content (AvgIpc) is 2.95. The summed E-state index contributed by atoms with van der Waals surface area (Å²) in [5.41, 5.74) is 5.51. The molecule has 0 fully saturated rings. The monoisotopic (exact) mass is 274 g/mol. The number of nitrogens with zero attached hydrogens (tertiary/aromatic N) is 4. The summed E-state index contributed by atoms with van der Waals surface area (Å²) in [7, 11) is 0. The van der Waals surface area contributed by atoms with Crippen LogP contribution in [-0.4, -0.2) is 26.4 Å². The highest BCUT2D eigenvalue weighted by Gasteiger charge is 2.19. The predicted molar refractivity (Wildman–Crippen MR) is 74.7 cm³/mol. The molecule has 2 aromatic rings. The van der Waals surface area contributed by atoms with Gasteiger partial charge in [0.1, 0.15) is 11.5 Å². The van der Waals surface area contributed by atoms with Crippen LogP contribution in [0.3, 0.4) is 0 Å². The molecular weight excluding hydrogens is 256 g/mol. The standard InChI is InChI=1S/C13H18N6O/c1-2-6-19-11(3-5-15-19)13-16-10-4-7-20-8-9(10)12(17-13)18-14/h3,5H,2,4,6-8,14H2,1H3,(H,16,17,18). The number of hydrogen-bond donors (Lipinski definition) is 2. The minimum atomic E-state index is 0.503. The Hall–Kier alpha value is -1.99. The third-order valence-corrected chi connectivity index (χ3v) is 3.34. The number of fused-ring (bicyclic) bond motifs is 1. The number of anilines is 1. The summed E-state index contributed by atoms with van der Waals surface area (Å²) in [6.07, 6.45) is 3.56. The van der Waals surface area contributed by atoms with Gasteiger partial charge in [0.15, 0.2) is 5.82 Å². The van der Waals surface area contributed by atoms with Gasteiger partial charge in [0.05, 0.1) is 18.9 Å². The first kappa shape index (κ1) is 13.0. The number of nitrogens with one attached hydrogen (secondary N) is 1. The first-order valence-electron chi connectivity index (χ1n) is 6.79. The molecule has 1 aliphatic heterocycles. The molecule has 0 radical (unpaired) electrons. The maximum atomic E-state index is 5.57. The molecule has 1 aliphatic rings. The van der Waals surface area contributed by atoms with Gasteiger partial charge in [0.2, 0.25) is 0 Å². The largest absolute Gasteiger partial charge is 0.376 e. The maximum absolute atomic E-state index is 5.57. The quantitative estimate of drug-likeness (QED) is 0.641. The normalized spacial score (nSPS) is 14.1. The van der Waals surface area contributed by atoms with E-state index in [1.165, 1.54) is 0 Å². The molecule has 0 bridgehead atoms. The molecule has 0 saturated carbocycles. The van der Waals surface area contributed by atoms with Crippen molar-refractivity contribution < 1.29 is 4.74 Å². The average molecular weight is 274 g/mol. The van der Waals surface area contributed by atoms with Crippen molar-refractivity contribution in [3.63, 3.8) is 0 Å². The van der Waals surface area contributed by atoms with Crippen LogP contribution in [0.15, 0.2) is 12.3 Å². The number of ether oxygens (including phenoxy) is 1. The van der Waals surface area contributed by atoms with Crippen molar-refractivity contribution in [2.45, 2.75) is 32.9 Å². The molecule has 0 amide bonds. The number of aryl methyl sites for hydroxylation is 1. The van der Waals surface area contributed by atoms with Crippen LogP contribution >= 0.6 is 0 Å². The van der Waals surface area contributed by atoms with Gasteiger partial charge in [-0.05, 0) is 12.5 Å². The number of aromatic nitrogens is 4. The molecule has 0 aliphatic carbocycles. The Bertz CT molecular complexity index is 592. The first-order chi connectivity index (χ1) is 9.83. The summed E-state index contributed by atoms with van der Waals surface area (Å²) in [4.78, 5) is 9.16. The molecule has 7 nitrogen and oxygen atoms in total. The smallest absolute Gasteiger partial charge is 0.180 e. The molecule has 106 valence electrons. The number of hydrogen-bond acceptors (Lipinski definition) is 6. The molecule has 0 unspecified atom stereocenters. The summed E-state index contributed by atoms with van der Waals surface area (Å²) in [5, 5.41) is 4.31. The fourth-order valence-electron chi connectivity index (χ4n) is 2.38. The zero-order chi connectivity index (χ0) is 13.9. The number of hydrazine groups is 1. The zero-order valence-electron chi connectivity index (χ0n) is 11.5. The topological polar surface area (TPSA) is 90.9 Å². The molecule has 20 heavy (non-hydrogen) atoms. The van der Waals surface area contributed by atoms with Crippen LogP contribution in [0.2, 0.25) is 0 Å². The highest BCUT2D eigenvalue weighted by Crippen LogP contribution is 2.25. The predicted octanol–water partition coefficient (Wildman–Crippen LogP) is 1.11. The van der Waals surface area contributed by atoms with Crippen LogP contribution in [0.25, 0.3) is 11.5 Å². The highest BCUT2D eigenvalue weighted by atomic mass is 16.5. The lowest BCUT2D eigenvalue weighted by molar-refractivity contribution is 0.109. The Morgan fingerprint density at radius 1 is 1.45 bits per heavy atom. The highest BCUT2D eigenvalue weighted by molar-refractivity contribution is 5.56. The van der Waals surface area contributed by atoms with Crippen molar-refractivity contribution in [1.82, 2.24) is 19.7 Å². The summed E-state index contributed by atoms with van der Waals surface area (Å²) < 4.78 is 7.36. The molecule has 0 spiro atoms. The van der Waals surface area contributed by atoms with Crippen molar-refractivity contribution in [1.29, 1.82) is 0 Å². The van der Waals surface area contributed by atoms with E-state index in [2.05, 4.69) is 27.4 Å². The summed E-state index contributed by atoms with van der Waals surface area (Å²) >= 11 is 0. The van der Waals surface area contributed by atoms with Crippen molar-refractivity contribution in [3.8, 4) is 11.5 Å². The van der Waals surface area contributed by atoms with Gasteiger partial charge >= 0.3 is 0 Å². The third-order valence-electron chi connectivity index (χ3n) is 3.34. The number of nitrogens with two attached hydrogens (primary N) is 1. The lowest BCUT2D eigenvalue weighted by atomic mass is 10.1. The Morgan fingerprint density at radius 2 is 2.35 bits per heavy atom. The van der Waals surface area contributed by atoms with E-state index < -0.39 is 0 Å². The maximum Gasteiger partial charge on any atom is 0.180 e. The Balaban J connectivity index is 2.07. The van der Waals surface area contributed by atoms with Gasteiger partial charge in [-0.25, -0.2) is 15.8 Å². The summed E-state index contributed by atoms with van der Waals surface area (Å²) in [5.74, 6) is 6.86. The van der Waals surface area contributed by atoms with Gasteiger partial charge < -0.3 is 10.2 Å². The van der Waals surface area contributed by atoms with E-state index in [0.29, 0.717) is 24.9 Å². The first-order valence-corrected chi connectivity index (χ1v) is 6.79. The number of nitrogen functional groups attached to an aromatic ring is 1. The van der Waals surface area contributed by atoms with E-state index in [1.54, 1.807) is 6.20 Å². The van der Waals surface area contributed by atoms with Crippen LogP contribution < -0.4 is 11.3 Å². The Labute approximate surface area is 117 Å². The van der Waals surface area contributed by atoms with Crippen molar-refractivity contribution in [2.24, 2.45) is 5.84 Å². The molecule has 3 N–H and O–H groups in total. The molecule has 2 aromatic heterocycles. The molecular formula is C13H18N6O. The lowest BCUT2D eigenvalue weighted by Gasteiger charge is -2.19. The van der Waals surface area contributed by atoms with Crippen LogP contribution in [0.5, 0.6) is 0 Å². The fraction of sp³-hybridized carbons (Fsp3) is 0.462. The van der Waals surface area contributed by atoms with Crippen molar-refractivity contribution in [3.05, 3.63) is 23.5 Å². The van der Waals surface area contributed by atoms with Gasteiger partial charge in [-0.2, -0.15) is 5.10 Å². The van der Waals surface area contributed by atoms with Crippen LogP contribution in [0.4, 0.5) is 5.82 Å². The van der Waals surface area contributed by atoms with Crippen molar-refractivity contribution in [2.75, 3.05) is 12.0 Å². The second-order valence-corrected chi connectivity index (χ2v) is 4.71. The molecule has 0 saturated heterocycles. The van der Waals surface area contributed by atoms with Gasteiger partial charge in [-0.3, -0.25) is 4.68 Å². The fourth-order valence-corrected chi connectivity index (χ4v) is 2.38. The molecule has 7 heteroatoms. The SMILES string of the molecule is CCCn1nccc1-c1nc2c(c(NN)n1)COCC2. The Morgan fingerprint density at radius 3 is 3.15 bits per heavy atom. The van der Waals surface area contributed by atoms with Crippen LogP contribution in [0.1, 0.15) is 24.6 Å². The van der Waals surface area contributed by atoms with Crippen LogP contribution in [0, 0.1) is 0 Å². The Kier molecular flexibility index (Phi) is 3.62. The van der Waals surface area contributed by atoms with Gasteiger partial charge in [0, 0.05) is 24.7 Å². The van der Waals surface area contributed by atoms with E-state index in [-0.39, 0.29) is 0 Å². The lowest BCUT2D eigenvalue weighted by Crippen LogP contribution is -2.20. The minimum Gasteiger partial charge on any atom is -0.376 e. The van der Waals surface area contributed by atoms with Crippen molar-refractivity contribution >= 4 is 5.82 Å². The zero-order valence-corrected chi connectivity index (χ0v) is 11.5. The van der Waals surface area contributed by atoms with E-state index in [4.69, 9.17) is 10.6 Å². The second-order valence-electron chi connectivity index (χ2n) is 4.71. The van der Waals surface area contributed by atoms with Crippen LogP contribution in [-0.2, 0) is 24.3 Å². The molecule has 0 atom stereocenters. The van der Waals surface area contributed by atoms with E-state index in [1.807, 2.05) is 10.7 Å². The molecule has 0 aromatic carbocycles. The number of rotatable bonds is 4. The van der Waals surface area contributed by atoms with E-state index in [0.717, 1.165) is 36.3 Å². The summed E-state index contributed by atoms with van der Waals surface area (Å²) in [6, 6.07) is 1.93. The molecule has 3 rings (SSSR count). The second kappa shape index (κ2) is 5.56. The third kappa shape index (κ3) is 2.25. The van der Waals surface area contributed by atoms with Gasteiger partial charge in [0.25, 0.3) is 0 Å².